The molecule has 1 heteroatoms. The molecule has 1 aromatic rings. The first kappa shape index (κ1) is 13.7. The molecule has 0 radical (unpaired) electrons. The Morgan fingerprint density at radius 2 is 1.80 bits per heavy atom. The van der Waals surface area contributed by atoms with Crippen molar-refractivity contribution in [2.45, 2.75) is 65.2 Å². The molecule has 0 amide bonds. The number of aromatic hydroxyl groups is 1. The molecule has 1 N–H and O–H groups in total. The second-order valence-electron chi connectivity index (χ2n) is 7.78. The number of benzene rings is 1. The van der Waals surface area contributed by atoms with Gasteiger partial charge in [0, 0.05) is 5.41 Å². The number of hydrogen-bond donors (Lipinski definition) is 1. The molecule has 0 saturated heterocycles. The lowest BCUT2D eigenvalue weighted by Gasteiger charge is -2.44. The van der Waals surface area contributed by atoms with Gasteiger partial charge in [-0.3, -0.25) is 0 Å². The first-order valence-electron chi connectivity index (χ1n) is 7.86. The highest BCUT2D eigenvalue weighted by molar-refractivity contribution is 5.73. The van der Waals surface area contributed by atoms with Crippen LogP contribution in [0.3, 0.4) is 0 Å². The van der Waals surface area contributed by atoms with Crippen molar-refractivity contribution < 1.29 is 5.11 Å². The Balaban J connectivity index is 2.19. The van der Waals surface area contributed by atoms with Crippen LogP contribution < -0.4 is 0 Å². The third kappa shape index (κ3) is 1.75. The van der Waals surface area contributed by atoms with Gasteiger partial charge >= 0.3 is 0 Å². The summed E-state index contributed by atoms with van der Waals surface area (Å²) in [6.07, 6.45) is 6.15. The molecule has 1 atom stereocenters. The van der Waals surface area contributed by atoms with Crippen LogP contribution in [0.1, 0.15) is 76.5 Å². The van der Waals surface area contributed by atoms with Crippen LogP contribution in [0.25, 0.3) is 6.08 Å². The third-order valence-electron chi connectivity index (χ3n) is 5.52. The van der Waals surface area contributed by atoms with Gasteiger partial charge < -0.3 is 5.11 Å². The highest BCUT2D eigenvalue weighted by Crippen LogP contribution is 2.57. The third-order valence-corrected chi connectivity index (χ3v) is 5.52. The lowest BCUT2D eigenvalue weighted by Crippen LogP contribution is -2.35. The van der Waals surface area contributed by atoms with Gasteiger partial charge in [-0.25, -0.2) is 0 Å². The summed E-state index contributed by atoms with van der Waals surface area (Å²) in [6, 6.07) is 4.25. The fourth-order valence-electron chi connectivity index (χ4n) is 4.37. The lowest BCUT2D eigenvalue weighted by atomic mass is 9.60. The zero-order valence-electron chi connectivity index (χ0n) is 13.4. The van der Waals surface area contributed by atoms with Gasteiger partial charge in [-0.15, -0.1) is 0 Å². The maximum absolute atomic E-state index is 10.4. The highest BCUT2D eigenvalue weighted by atomic mass is 16.3. The number of fused-ring (bicyclic) bond motifs is 3. The van der Waals surface area contributed by atoms with E-state index >= 15 is 0 Å². The SMILES string of the molecule is CC(C)c1cc2c(cc1O)C1(C)CCCC(C)(C)C1=C2. The summed E-state index contributed by atoms with van der Waals surface area (Å²) in [4.78, 5) is 0. The fourth-order valence-corrected chi connectivity index (χ4v) is 4.37. The van der Waals surface area contributed by atoms with Crippen molar-refractivity contribution in [2.24, 2.45) is 5.41 Å². The standard InChI is InChI=1S/C19H26O/c1-12(2)14-9-13-10-17-18(3,4)7-6-8-19(17,5)15(13)11-16(14)20/h9-12,20H,6-8H2,1-5H3. The highest BCUT2D eigenvalue weighted by Gasteiger charge is 2.46. The summed E-state index contributed by atoms with van der Waals surface area (Å²) in [6.45, 7) is 11.4. The Kier molecular flexibility index (Phi) is 2.83. The Bertz CT molecular complexity index is 592. The molecule has 0 aromatic heterocycles. The number of allylic oxidation sites excluding steroid dienone is 1. The van der Waals surface area contributed by atoms with Crippen molar-refractivity contribution >= 4 is 6.08 Å². The van der Waals surface area contributed by atoms with Crippen molar-refractivity contribution in [1.82, 2.24) is 0 Å². The number of hydrogen-bond acceptors (Lipinski definition) is 1. The quantitative estimate of drug-likeness (QED) is 0.726. The van der Waals surface area contributed by atoms with Gasteiger partial charge in [0.2, 0.25) is 0 Å². The Hall–Kier alpha value is -1.24. The van der Waals surface area contributed by atoms with Gasteiger partial charge in [0.1, 0.15) is 5.75 Å². The van der Waals surface area contributed by atoms with E-state index in [1.54, 1.807) is 5.57 Å². The van der Waals surface area contributed by atoms with E-state index in [0.29, 0.717) is 11.7 Å². The van der Waals surface area contributed by atoms with Gasteiger partial charge in [0.15, 0.2) is 0 Å². The molecule has 2 aliphatic carbocycles. The molecule has 20 heavy (non-hydrogen) atoms. The second-order valence-corrected chi connectivity index (χ2v) is 7.78. The number of phenols is 1. The van der Waals surface area contributed by atoms with E-state index in [2.05, 4.69) is 46.8 Å². The zero-order chi connectivity index (χ0) is 14.7. The largest absolute Gasteiger partial charge is 0.508 e. The average Bonchev–Trinajstić information content (AvgIpc) is 2.62. The van der Waals surface area contributed by atoms with Crippen molar-refractivity contribution in [1.29, 1.82) is 0 Å². The Morgan fingerprint density at radius 1 is 1.10 bits per heavy atom. The lowest BCUT2D eigenvalue weighted by molar-refractivity contribution is 0.266. The van der Waals surface area contributed by atoms with E-state index < -0.39 is 0 Å². The zero-order valence-corrected chi connectivity index (χ0v) is 13.4. The Morgan fingerprint density at radius 3 is 2.45 bits per heavy atom. The van der Waals surface area contributed by atoms with Gasteiger partial charge in [-0.2, -0.15) is 0 Å². The fraction of sp³-hybridized carbons (Fsp3) is 0.579. The molecule has 1 aromatic carbocycles. The predicted molar refractivity (Wildman–Crippen MR) is 85.2 cm³/mol. The molecule has 2 aliphatic rings. The van der Waals surface area contributed by atoms with Crippen molar-refractivity contribution in [3.05, 3.63) is 34.4 Å². The summed E-state index contributed by atoms with van der Waals surface area (Å²) < 4.78 is 0. The normalized spacial score (nSPS) is 27.2. The van der Waals surface area contributed by atoms with Crippen molar-refractivity contribution in [3.8, 4) is 5.75 Å². The molecule has 0 bridgehead atoms. The van der Waals surface area contributed by atoms with Crippen LogP contribution in [0.2, 0.25) is 0 Å². The molecule has 1 nitrogen and oxygen atoms in total. The van der Waals surface area contributed by atoms with Gasteiger partial charge in [-0.05, 0) is 53.0 Å². The number of phenolic OH excluding ortho intramolecular Hbond substituents is 1. The van der Waals surface area contributed by atoms with Crippen LogP contribution in [0.15, 0.2) is 17.7 Å². The molecular formula is C19H26O. The summed E-state index contributed by atoms with van der Waals surface area (Å²) in [7, 11) is 0. The average molecular weight is 270 g/mol. The van der Waals surface area contributed by atoms with Gasteiger partial charge in [-0.1, -0.05) is 52.7 Å². The van der Waals surface area contributed by atoms with Crippen LogP contribution in [-0.2, 0) is 5.41 Å². The van der Waals surface area contributed by atoms with E-state index in [1.165, 1.54) is 30.4 Å². The molecule has 0 aliphatic heterocycles. The summed E-state index contributed by atoms with van der Waals surface area (Å²) >= 11 is 0. The topological polar surface area (TPSA) is 20.2 Å². The monoisotopic (exact) mass is 270 g/mol. The smallest absolute Gasteiger partial charge is 0.119 e. The maximum atomic E-state index is 10.4. The van der Waals surface area contributed by atoms with Crippen LogP contribution in [0.4, 0.5) is 0 Å². The van der Waals surface area contributed by atoms with E-state index in [-0.39, 0.29) is 10.8 Å². The van der Waals surface area contributed by atoms with E-state index in [9.17, 15) is 5.11 Å². The minimum atomic E-state index is 0.129. The molecule has 0 spiro atoms. The minimum absolute atomic E-state index is 0.129. The molecule has 3 rings (SSSR count). The summed E-state index contributed by atoms with van der Waals surface area (Å²) in [5.41, 5.74) is 5.71. The van der Waals surface area contributed by atoms with Crippen LogP contribution >= 0.6 is 0 Å². The first-order valence-corrected chi connectivity index (χ1v) is 7.86. The summed E-state index contributed by atoms with van der Waals surface area (Å²) in [5.74, 6) is 0.833. The minimum Gasteiger partial charge on any atom is -0.508 e. The molecule has 1 saturated carbocycles. The molecule has 1 unspecified atom stereocenters. The molecule has 1 fully saturated rings. The van der Waals surface area contributed by atoms with Gasteiger partial charge in [0.25, 0.3) is 0 Å². The van der Waals surface area contributed by atoms with Crippen LogP contribution in [-0.4, -0.2) is 5.11 Å². The molecule has 108 valence electrons. The van der Waals surface area contributed by atoms with Crippen molar-refractivity contribution in [2.75, 3.05) is 0 Å². The van der Waals surface area contributed by atoms with E-state index in [0.717, 1.165) is 5.56 Å². The van der Waals surface area contributed by atoms with Crippen LogP contribution in [0.5, 0.6) is 5.75 Å². The number of rotatable bonds is 1. The van der Waals surface area contributed by atoms with Crippen molar-refractivity contribution in [3.63, 3.8) is 0 Å². The summed E-state index contributed by atoms with van der Waals surface area (Å²) in [5, 5.41) is 10.4. The maximum Gasteiger partial charge on any atom is 0.119 e. The van der Waals surface area contributed by atoms with Crippen LogP contribution in [0, 0.1) is 5.41 Å². The predicted octanol–water partition coefficient (Wildman–Crippen LogP) is 5.38. The second kappa shape index (κ2) is 4.13. The molecular weight excluding hydrogens is 244 g/mol. The Labute approximate surface area is 122 Å². The van der Waals surface area contributed by atoms with Gasteiger partial charge in [0.05, 0.1) is 0 Å². The van der Waals surface area contributed by atoms with E-state index in [4.69, 9.17) is 0 Å². The van der Waals surface area contributed by atoms with E-state index in [1.807, 2.05) is 6.07 Å². The first-order chi connectivity index (χ1) is 9.25. The molecule has 0 heterocycles.